The molecular formula is C14H26N2O3. The zero-order chi connectivity index (χ0) is 13.9. The summed E-state index contributed by atoms with van der Waals surface area (Å²) in [5.74, 6) is -0.810. The lowest BCUT2D eigenvalue weighted by atomic mass is 9.89. The van der Waals surface area contributed by atoms with E-state index >= 15 is 0 Å². The van der Waals surface area contributed by atoms with Crippen LogP contribution in [-0.4, -0.2) is 72.9 Å². The molecule has 0 aliphatic carbocycles. The fraction of sp³-hybridized carbons (Fsp3) is 0.929. The number of rotatable bonds is 3. The molecule has 5 heteroatoms. The third kappa shape index (κ3) is 3.27. The lowest BCUT2D eigenvalue weighted by molar-refractivity contribution is -0.169. The minimum absolute atomic E-state index is 0.602. The van der Waals surface area contributed by atoms with E-state index in [0.717, 1.165) is 19.6 Å². The van der Waals surface area contributed by atoms with Gasteiger partial charge in [-0.1, -0.05) is 0 Å². The topological polar surface area (TPSA) is 53.0 Å². The zero-order valence-corrected chi connectivity index (χ0v) is 12.1. The Kier molecular flexibility index (Phi) is 4.81. The molecule has 2 rings (SSSR count). The molecule has 0 spiro atoms. The first-order chi connectivity index (χ1) is 9.07. The van der Waals surface area contributed by atoms with Crippen molar-refractivity contribution in [3.05, 3.63) is 0 Å². The highest BCUT2D eigenvalue weighted by atomic mass is 16.5. The number of hydrogen-bond acceptors (Lipinski definition) is 4. The van der Waals surface area contributed by atoms with Gasteiger partial charge in [0.25, 0.3) is 0 Å². The Hall–Kier alpha value is -0.650. The van der Waals surface area contributed by atoms with Gasteiger partial charge in [0, 0.05) is 26.2 Å². The van der Waals surface area contributed by atoms with E-state index in [2.05, 4.69) is 16.8 Å². The van der Waals surface area contributed by atoms with Crippen molar-refractivity contribution in [3.8, 4) is 0 Å². The van der Waals surface area contributed by atoms with E-state index in [1.54, 1.807) is 0 Å². The first-order valence-corrected chi connectivity index (χ1v) is 7.28. The molecule has 1 unspecified atom stereocenters. The molecule has 2 aliphatic rings. The van der Waals surface area contributed by atoms with Gasteiger partial charge < -0.3 is 19.6 Å². The van der Waals surface area contributed by atoms with E-state index in [0.29, 0.717) is 18.9 Å². The van der Waals surface area contributed by atoms with Crippen LogP contribution in [0.2, 0.25) is 0 Å². The summed E-state index contributed by atoms with van der Waals surface area (Å²) in [6.07, 6.45) is 4.88. The molecule has 0 amide bonds. The summed E-state index contributed by atoms with van der Waals surface area (Å²) in [6, 6.07) is 0.619. The molecule has 19 heavy (non-hydrogen) atoms. The Morgan fingerprint density at radius 1 is 1.21 bits per heavy atom. The Morgan fingerprint density at radius 3 is 2.47 bits per heavy atom. The van der Waals surface area contributed by atoms with Crippen molar-refractivity contribution in [1.29, 1.82) is 0 Å². The Morgan fingerprint density at radius 2 is 1.89 bits per heavy atom. The van der Waals surface area contributed by atoms with Crippen LogP contribution in [0.3, 0.4) is 0 Å². The van der Waals surface area contributed by atoms with E-state index in [4.69, 9.17) is 4.74 Å². The minimum atomic E-state index is -0.946. The number of ether oxygens (including phenoxy) is 1. The van der Waals surface area contributed by atoms with Gasteiger partial charge in [-0.2, -0.15) is 0 Å². The minimum Gasteiger partial charge on any atom is -0.479 e. The first-order valence-electron chi connectivity index (χ1n) is 7.28. The average Bonchev–Trinajstić information content (AvgIpc) is 2.63. The monoisotopic (exact) mass is 270 g/mol. The number of likely N-dealkylation sites (tertiary alicyclic amines) is 2. The molecule has 2 saturated heterocycles. The highest BCUT2D eigenvalue weighted by Crippen LogP contribution is 2.29. The molecule has 1 atom stereocenters. The summed E-state index contributed by atoms with van der Waals surface area (Å²) in [4.78, 5) is 16.2. The second-order valence-electron chi connectivity index (χ2n) is 5.93. The fourth-order valence-electron chi connectivity index (χ4n) is 3.34. The van der Waals surface area contributed by atoms with Crippen molar-refractivity contribution in [2.24, 2.45) is 0 Å². The van der Waals surface area contributed by atoms with Gasteiger partial charge in [-0.05, 0) is 52.2 Å². The number of nitrogens with zero attached hydrogens (tertiary/aromatic N) is 2. The lowest BCUT2D eigenvalue weighted by Crippen LogP contribution is -2.53. The van der Waals surface area contributed by atoms with E-state index in [1.807, 2.05) is 0 Å². The summed E-state index contributed by atoms with van der Waals surface area (Å²) in [7, 11) is 3.70. The lowest BCUT2D eigenvalue weighted by Gasteiger charge is -2.41. The maximum atomic E-state index is 11.3. The smallest absolute Gasteiger partial charge is 0.336 e. The van der Waals surface area contributed by atoms with Gasteiger partial charge in [-0.25, -0.2) is 4.79 Å². The van der Waals surface area contributed by atoms with Crippen LogP contribution in [0.15, 0.2) is 0 Å². The molecule has 0 aromatic carbocycles. The van der Waals surface area contributed by atoms with Crippen molar-refractivity contribution in [1.82, 2.24) is 9.80 Å². The molecule has 110 valence electrons. The largest absolute Gasteiger partial charge is 0.479 e. The number of carboxylic acids is 1. The summed E-state index contributed by atoms with van der Waals surface area (Å²) in [5.41, 5.74) is -0.946. The maximum Gasteiger partial charge on any atom is 0.336 e. The molecule has 2 heterocycles. The van der Waals surface area contributed by atoms with Crippen LogP contribution in [0.4, 0.5) is 0 Å². The van der Waals surface area contributed by atoms with Gasteiger partial charge in [0.1, 0.15) is 0 Å². The van der Waals surface area contributed by atoms with Gasteiger partial charge in [0.15, 0.2) is 5.60 Å². The fourth-order valence-corrected chi connectivity index (χ4v) is 3.34. The van der Waals surface area contributed by atoms with Crippen LogP contribution in [0, 0.1) is 0 Å². The number of carbonyl (C=O) groups is 1. The molecule has 0 saturated carbocycles. The standard InChI is InChI=1S/C14H26N2O3/c1-15-8-3-4-12(5-9-15)16-10-6-14(19-2,7-11-16)13(17)18/h12H,3-11H2,1-2H3,(H,17,18). The number of piperidine rings is 1. The molecule has 1 N–H and O–H groups in total. The van der Waals surface area contributed by atoms with Crippen LogP contribution in [0.1, 0.15) is 32.1 Å². The van der Waals surface area contributed by atoms with Crippen molar-refractivity contribution in [2.45, 2.75) is 43.7 Å². The Balaban J connectivity index is 1.90. The second kappa shape index (κ2) is 6.20. The molecule has 0 aromatic heterocycles. The molecule has 0 aromatic rings. The number of aliphatic carboxylic acids is 1. The van der Waals surface area contributed by atoms with E-state index < -0.39 is 11.6 Å². The van der Waals surface area contributed by atoms with Gasteiger partial charge in [0.05, 0.1) is 0 Å². The zero-order valence-electron chi connectivity index (χ0n) is 12.1. The van der Waals surface area contributed by atoms with Crippen molar-refractivity contribution in [2.75, 3.05) is 40.3 Å². The SMILES string of the molecule is COC1(C(=O)O)CCN(C2CCCN(C)CC2)CC1. The molecular weight excluding hydrogens is 244 g/mol. The molecule has 5 nitrogen and oxygen atoms in total. The van der Waals surface area contributed by atoms with Crippen LogP contribution >= 0.6 is 0 Å². The summed E-state index contributed by atoms with van der Waals surface area (Å²) >= 11 is 0. The highest BCUT2D eigenvalue weighted by Gasteiger charge is 2.42. The van der Waals surface area contributed by atoms with Gasteiger partial charge in [-0.15, -0.1) is 0 Å². The normalized spacial score (nSPS) is 29.9. The third-order valence-electron chi connectivity index (χ3n) is 4.82. The first kappa shape index (κ1) is 14.8. The number of carboxylic acid groups (broad SMARTS) is 1. The molecule has 2 fully saturated rings. The Labute approximate surface area is 115 Å². The summed E-state index contributed by atoms with van der Waals surface area (Å²) < 4.78 is 5.28. The van der Waals surface area contributed by atoms with E-state index in [1.165, 1.54) is 32.9 Å². The van der Waals surface area contributed by atoms with Crippen molar-refractivity contribution < 1.29 is 14.6 Å². The molecule has 0 bridgehead atoms. The maximum absolute atomic E-state index is 11.3. The Bertz CT molecular complexity index is 314. The van der Waals surface area contributed by atoms with Crippen molar-refractivity contribution in [3.63, 3.8) is 0 Å². The van der Waals surface area contributed by atoms with Gasteiger partial charge >= 0.3 is 5.97 Å². The van der Waals surface area contributed by atoms with Gasteiger partial charge in [-0.3, -0.25) is 0 Å². The van der Waals surface area contributed by atoms with Crippen LogP contribution in [0.25, 0.3) is 0 Å². The second-order valence-corrected chi connectivity index (χ2v) is 5.93. The summed E-state index contributed by atoms with van der Waals surface area (Å²) in [6.45, 7) is 4.01. The van der Waals surface area contributed by atoms with Gasteiger partial charge in [0.2, 0.25) is 0 Å². The molecule has 2 aliphatic heterocycles. The van der Waals surface area contributed by atoms with E-state index in [-0.39, 0.29) is 0 Å². The number of hydrogen-bond donors (Lipinski definition) is 1. The average molecular weight is 270 g/mol. The predicted molar refractivity (Wildman–Crippen MR) is 73.3 cm³/mol. The number of methoxy groups -OCH3 is 1. The van der Waals surface area contributed by atoms with Crippen molar-refractivity contribution >= 4 is 5.97 Å². The van der Waals surface area contributed by atoms with Crippen LogP contribution in [0.5, 0.6) is 0 Å². The van der Waals surface area contributed by atoms with Crippen LogP contribution < -0.4 is 0 Å². The molecule has 0 radical (unpaired) electrons. The predicted octanol–water partition coefficient (Wildman–Crippen LogP) is 1.04. The van der Waals surface area contributed by atoms with Crippen LogP contribution in [-0.2, 0) is 9.53 Å². The van der Waals surface area contributed by atoms with E-state index in [9.17, 15) is 9.90 Å². The quantitative estimate of drug-likeness (QED) is 0.830. The summed E-state index contributed by atoms with van der Waals surface area (Å²) in [5, 5.41) is 9.31. The highest BCUT2D eigenvalue weighted by molar-refractivity contribution is 5.77. The third-order valence-corrected chi connectivity index (χ3v) is 4.82.